The maximum atomic E-state index is 11.6. The van der Waals surface area contributed by atoms with Gasteiger partial charge in [0, 0.05) is 18.0 Å². The predicted octanol–water partition coefficient (Wildman–Crippen LogP) is 1.04. The highest BCUT2D eigenvalue weighted by atomic mass is 16.5. The highest BCUT2D eigenvalue weighted by Crippen LogP contribution is 2.12. The zero-order valence-corrected chi connectivity index (χ0v) is 11.0. The zero-order valence-electron chi connectivity index (χ0n) is 11.0. The highest BCUT2D eigenvalue weighted by molar-refractivity contribution is 5.90. The summed E-state index contributed by atoms with van der Waals surface area (Å²) in [4.78, 5) is 20.0. The number of ether oxygens (including phenoxy) is 1. The van der Waals surface area contributed by atoms with E-state index in [0.717, 1.165) is 5.56 Å². The normalized spacial score (nSPS) is 10.5. The molecule has 0 bridgehead atoms. The van der Waals surface area contributed by atoms with Gasteiger partial charge in [-0.05, 0) is 20.8 Å². The number of nitrogens with two attached hydrogens (primary N) is 1. The molecule has 0 saturated heterocycles. The van der Waals surface area contributed by atoms with Crippen LogP contribution >= 0.6 is 0 Å². The van der Waals surface area contributed by atoms with Crippen LogP contribution in [0.1, 0.15) is 28.5 Å². The van der Waals surface area contributed by atoms with Crippen LogP contribution in [-0.2, 0) is 4.74 Å². The molecule has 0 aliphatic heterocycles. The van der Waals surface area contributed by atoms with Gasteiger partial charge >= 0.3 is 5.97 Å². The molecule has 7 heteroatoms. The van der Waals surface area contributed by atoms with E-state index < -0.39 is 5.97 Å². The highest BCUT2D eigenvalue weighted by Gasteiger charge is 2.14. The number of hydrogen-bond donors (Lipinski definition) is 1. The van der Waals surface area contributed by atoms with E-state index in [1.807, 2.05) is 6.92 Å². The number of hydrogen-bond acceptors (Lipinski definition) is 6. The average Bonchev–Trinajstić information content (AvgIpc) is 2.69. The van der Waals surface area contributed by atoms with Crippen LogP contribution in [0.3, 0.4) is 0 Å². The zero-order chi connectivity index (χ0) is 14.0. The second-order valence-corrected chi connectivity index (χ2v) is 4.03. The molecular weight excluding hydrogens is 246 g/mol. The van der Waals surface area contributed by atoms with Crippen molar-refractivity contribution in [3.63, 3.8) is 0 Å². The van der Waals surface area contributed by atoms with Gasteiger partial charge in [-0.1, -0.05) is 0 Å². The summed E-state index contributed by atoms with van der Waals surface area (Å²) in [6.45, 7) is 5.63. The van der Waals surface area contributed by atoms with Crippen LogP contribution in [0.2, 0.25) is 0 Å². The summed E-state index contributed by atoms with van der Waals surface area (Å²) in [5.74, 6) is 0.365. The molecule has 7 nitrogen and oxygen atoms in total. The summed E-state index contributed by atoms with van der Waals surface area (Å²) < 4.78 is 6.39. The Kier molecular flexibility index (Phi) is 3.46. The van der Waals surface area contributed by atoms with Crippen molar-refractivity contribution in [1.82, 2.24) is 19.7 Å². The quantitative estimate of drug-likeness (QED) is 0.829. The fourth-order valence-corrected chi connectivity index (χ4v) is 1.55. The van der Waals surface area contributed by atoms with Crippen molar-refractivity contribution >= 4 is 11.8 Å². The summed E-state index contributed by atoms with van der Waals surface area (Å²) in [6.07, 6.45) is 3.16. The Balaban J connectivity index is 2.36. The number of nitrogen functional groups attached to an aromatic ring is 1. The van der Waals surface area contributed by atoms with Crippen LogP contribution < -0.4 is 5.73 Å². The lowest BCUT2D eigenvalue weighted by Crippen LogP contribution is -2.11. The molecule has 19 heavy (non-hydrogen) atoms. The molecule has 0 atom stereocenters. The molecule has 2 rings (SSSR count). The lowest BCUT2D eigenvalue weighted by Gasteiger charge is -2.06. The molecule has 0 amide bonds. The Labute approximate surface area is 110 Å². The van der Waals surface area contributed by atoms with Gasteiger partial charge in [0.15, 0.2) is 0 Å². The van der Waals surface area contributed by atoms with E-state index in [2.05, 4.69) is 15.1 Å². The molecule has 0 spiro atoms. The van der Waals surface area contributed by atoms with Gasteiger partial charge in [-0.15, -0.1) is 5.10 Å². The molecular formula is C12H15N5O2. The van der Waals surface area contributed by atoms with E-state index in [0.29, 0.717) is 29.6 Å². The largest absolute Gasteiger partial charge is 0.462 e. The third-order valence-corrected chi connectivity index (χ3v) is 2.60. The second kappa shape index (κ2) is 5.05. The van der Waals surface area contributed by atoms with Crippen LogP contribution in [0.25, 0.3) is 5.95 Å². The molecule has 100 valence electrons. The van der Waals surface area contributed by atoms with Gasteiger partial charge in [0.2, 0.25) is 0 Å². The first-order chi connectivity index (χ1) is 9.02. The van der Waals surface area contributed by atoms with Crippen molar-refractivity contribution in [3.05, 3.63) is 29.2 Å². The van der Waals surface area contributed by atoms with E-state index in [-0.39, 0.29) is 0 Å². The Morgan fingerprint density at radius 2 is 2.21 bits per heavy atom. The fraction of sp³-hybridized carbons (Fsp3) is 0.333. The first kappa shape index (κ1) is 13.0. The number of aromatic nitrogens is 4. The molecule has 0 saturated carbocycles. The third-order valence-electron chi connectivity index (χ3n) is 2.60. The van der Waals surface area contributed by atoms with Crippen LogP contribution in [0.15, 0.2) is 12.4 Å². The van der Waals surface area contributed by atoms with Crippen molar-refractivity contribution < 1.29 is 9.53 Å². The van der Waals surface area contributed by atoms with E-state index >= 15 is 0 Å². The summed E-state index contributed by atoms with van der Waals surface area (Å²) >= 11 is 0. The number of esters is 1. The molecule has 2 aromatic rings. The van der Waals surface area contributed by atoms with E-state index in [9.17, 15) is 4.79 Å². The van der Waals surface area contributed by atoms with Gasteiger partial charge in [-0.3, -0.25) is 0 Å². The maximum Gasteiger partial charge on any atom is 0.341 e. The Hall–Kier alpha value is -2.44. The monoisotopic (exact) mass is 261 g/mol. The van der Waals surface area contributed by atoms with Crippen molar-refractivity contribution in [2.24, 2.45) is 0 Å². The number of anilines is 1. The van der Waals surface area contributed by atoms with Gasteiger partial charge in [0.25, 0.3) is 5.95 Å². The van der Waals surface area contributed by atoms with Crippen molar-refractivity contribution in [2.75, 3.05) is 12.3 Å². The molecule has 2 heterocycles. The molecule has 2 N–H and O–H groups in total. The average molecular weight is 261 g/mol. The molecule has 0 fully saturated rings. The Morgan fingerprint density at radius 3 is 2.74 bits per heavy atom. The fourth-order valence-electron chi connectivity index (χ4n) is 1.55. The molecule has 2 aromatic heterocycles. The molecule has 0 aromatic carbocycles. The van der Waals surface area contributed by atoms with Gasteiger partial charge in [0.05, 0.1) is 17.9 Å². The molecule has 0 radical (unpaired) electrons. The number of aryl methyl sites for hydroxylation is 2. The van der Waals surface area contributed by atoms with Crippen LogP contribution in [0.5, 0.6) is 0 Å². The number of rotatable bonds is 3. The van der Waals surface area contributed by atoms with Gasteiger partial charge < -0.3 is 10.5 Å². The van der Waals surface area contributed by atoms with Gasteiger partial charge in [-0.2, -0.15) is 0 Å². The predicted molar refractivity (Wildman–Crippen MR) is 69.0 cm³/mol. The molecule has 0 aliphatic carbocycles. The van der Waals surface area contributed by atoms with Crippen LogP contribution in [0.4, 0.5) is 5.82 Å². The van der Waals surface area contributed by atoms with Crippen LogP contribution in [-0.4, -0.2) is 32.3 Å². The first-order valence-electron chi connectivity index (χ1n) is 5.85. The summed E-state index contributed by atoms with van der Waals surface area (Å²) in [5.41, 5.74) is 7.40. The third kappa shape index (κ3) is 2.54. The van der Waals surface area contributed by atoms with Crippen molar-refractivity contribution in [1.29, 1.82) is 0 Å². The summed E-state index contributed by atoms with van der Waals surface area (Å²) in [6, 6.07) is 0. The second-order valence-electron chi connectivity index (χ2n) is 4.03. The van der Waals surface area contributed by atoms with Crippen molar-refractivity contribution in [3.8, 4) is 5.95 Å². The lowest BCUT2D eigenvalue weighted by molar-refractivity contribution is 0.0524. The topological polar surface area (TPSA) is 95.9 Å². The lowest BCUT2D eigenvalue weighted by atomic mass is 10.2. The molecule has 0 unspecified atom stereocenters. The van der Waals surface area contributed by atoms with Crippen LogP contribution in [0, 0.1) is 13.8 Å². The van der Waals surface area contributed by atoms with Gasteiger partial charge in [0.1, 0.15) is 5.82 Å². The molecule has 0 aliphatic rings. The Morgan fingerprint density at radius 1 is 1.47 bits per heavy atom. The van der Waals surface area contributed by atoms with E-state index in [1.165, 1.54) is 10.9 Å². The Bertz CT molecular complexity index is 601. The SMILES string of the molecule is CCOC(=O)c1cnc(-n2cc(C)c(N)n2)nc1C. The minimum Gasteiger partial charge on any atom is -0.462 e. The maximum absolute atomic E-state index is 11.6. The van der Waals surface area contributed by atoms with Crippen molar-refractivity contribution in [2.45, 2.75) is 20.8 Å². The van der Waals surface area contributed by atoms with E-state index in [4.69, 9.17) is 10.5 Å². The number of carbonyl (C=O) groups is 1. The minimum atomic E-state index is -0.428. The smallest absolute Gasteiger partial charge is 0.341 e. The minimum absolute atomic E-state index is 0.314. The first-order valence-corrected chi connectivity index (χ1v) is 5.85. The summed E-state index contributed by atoms with van der Waals surface area (Å²) in [5, 5.41) is 4.09. The standard InChI is InChI=1S/C12H15N5O2/c1-4-19-11(18)9-5-14-12(15-8(9)3)17-6-7(2)10(13)16-17/h5-6H,4H2,1-3H3,(H2,13,16). The number of carbonyl (C=O) groups excluding carboxylic acids is 1. The van der Waals surface area contributed by atoms with Gasteiger partial charge in [-0.25, -0.2) is 19.4 Å². The summed E-state index contributed by atoms with van der Waals surface area (Å²) in [7, 11) is 0. The number of nitrogens with zero attached hydrogens (tertiary/aromatic N) is 4. The van der Waals surface area contributed by atoms with E-state index in [1.54, 1.807) is 20.0 Å².